The number of nitrogens with one attached hydrogen (secondary N) is 4. The number of hydrogen-bond acceptors (Lipinski definition) is 3. The summed E-state index contributed by atoms with van der Waals surface area (Å²) >= 11 is 0. The van der Waals surface area contributed by atoms with Gasteiger partial charge in [-0.1, -0.05) is 72.8 Å². The van der Waals surface area contributed by atoms with Crippen molar-refractivity contribution in [2.24, 2.45) is 0 Å². The number of likely N-dealkylation sites (tertiary alicyclic amines) is 1. The minimum absolute atomic E-state index is 0.00643. The number of amides is 2. The van der Waals surface area contributed by atoms with Gasteiger partial charge in [-0.3, -0.25) is 15.6 Å². The lowest BCUT2D eigenvalue weighted by Crippen LogP contribution is -2.51. The number of urea groups is 1. The molecular formula is C25H29N5O. The summed E-state index contributed by atoms with van der Waals surface area (Å²) in [5.41, 5.74) is 2.41. The summed E-state index contributed by atoms with van der Waals surface area (Å²) < 4.78 is 0. The Morgan fingerprint density at radius 2 is 1.65 bits per heavy atom. The Hall–Kier alpha value is -3.38. The van der Waals surface area contributed by atoms with Crippen LogP contribution in [-0.2, 0) is 13.1 Å². The Labute approximate surface area is 183 Å². The molecule has 0 aliphatic carbocycles. The Kier molecular flexibility index (Phi) is 6.79. The third-order valence-corrected chi connectivity index (χ3v) is 5.75. The molecule has 0 atom stereocenters. The van der Waals surface area contributed by atoms with Crippen LogP contribution in [-0.4, -0.2) is 36.0 Å². The van der Waals surface area contributed by atoms with Gasteiger partial charge in [0, 0.05) is 32.2 Å². The molecule has 3 aromatic rings. The first kappa shape index (κ1) is 20.9. The molecule has 1 aliphatic heterocycles. The molecule has 1 saturated heterocycles. The quantitative estimate of drug-likeness (QED) is 0.378. The van der Waals surface area contributed by atoms with Crippen molar-refractivity contribution in [1.29, 1.82) is 5.41 Å². The first-order chi connectivity index (χ1) is 15.2. The zero-order valence-electron chi connectivity index (χ0n) is 17.6. The van der Waals surface area contributed by atoms with Crippen molar-refractivity contribution in [2.75, 3.05) is 13.1 Å². The molecule has 4 rings (SSSR count). The average molecular weight is 416 g/mol. The lowest BCUT2D eigenvalue weighted by molar-refractivity contribution is 0.188. The SMILES string of the molecule is N=C(NCc1cccc2ccccc12)NC(=O)NC1CCN(Cc2ccccc2)CC1. The molecule has 3 aromatic carbocycles. The number of fused-ring (bicyclic) bond motifs is 1. The number of piperidine rings is 1. The third-order valence-electron chi connectivity index (χ3n) is 5.75. The van der Waals surface area contributed by atoms with Gasteiger partial charge in [0.15, 0.2) is 5.96 Å². The van der Waals surface area contributed by atoms with Crippen LogP contribution in [0.3, 0.4) is 0 Å². The van der Waals surface area contributed by atoms with E-state index < -0.39 is 0 Å². The zero-order valence-corrected chi connectivity index (χ0v) is 17.6. The number of benzene rings is 3. The van der Waals surface area contributed by atoms with E-state index in [-0.39, 0.29) is 18.0 Å². The maximum atomic E-state index is 12.3. The van der Waals surface area contributed by atoms with Crippen LogP contribution in [0.5, 0.6) is 0 Å². The highest BCUT2D eigenvalue weighted by Crippen LogP contribution is 2.18. The molecule has 0 radical (unpaired) electrons. The smallest absolute Gasteiger partial charge is 0.321 e. The van der Waals surface area contributed by atoms with Gasteiger partial charge in [0.05, 0.1) is 0 Å². The van der Waals surface area contributed by atoms with E-state index in [4.69, 9.17) is 5.41 Å². The summed E-state index contributed by atoms with van der Waals surface area (Å²) in [6.07, 6.45) is 1.83. The second-order valence-electron chi connectivity index (χ2n) is 8.00. The van der Waals surface area contributed by atoms with Crippen LogP contribution in [0.4, 0.5) is 4.79 Å². The number of carbonyl (C=O) groups excluding carboxylic acids is 1. The predicted molar refractivity (Wildman–Crippen MR) is 125 cm³/mol. The van der Waals surface area contributed by atoms with Gasteiger partial charge in [0.25, 0.3) is 0 Å². The molecule has 0 unspecified atom stereocenters. The van der Waals surface area contributed by atoms with Crippen molar-refractivity contribution >= 4 is 22.8 Å². The molecule has 1 aliphatic rings. The van der Waals surface area contributed by atoms with E-state index in [2.05, 4.69) is 63.3 Å². The lowest BCUT2D eigenvalue weighted by Gasteiger charge is -2.32. The van der Waals surface area contributed by atoms with Crippen molar-refractivity contribution in [3.8, 4) is 0 Å². The van der Waals surface area contributed by atoms with Crippen LogP contribution in [0.15, 0.2) is 72.8 Å². The first-order valence-electron chi connectivity index (χ1n) is 10.8. The van der Waals surface area contributed by atoms with Crippen LogP contribution in [0.2, 0.25) is 0 Å². The summed E-state index contributed by atoms with van der Waals surface area (Å²) in [4.78, 5) is 14.7. The van der Waals surface area contributed by atoms with E-state index in [0.717, 1.165) is 48.8 Å². The third kappa shape index (κ3) is 5.83. The van der Waals surface area contributed by atoms with Crippen molar-refractivity contribution < 1.29 is 4.79 Å². The van der Waals surface area contributed by atoms with Gasteiger partial charge in [-0.05, 0) is 34.7 Å². The molecule has 0 aromatic heterocycles. The van der Waals surface area contributed by atoms with E-state index in [0.29, 0.717) is 6.54 Å². The number of nitrogens with zero attached hydrogens (tertiary/aromatic N) is 1. The van der Waals surface area contributed by atoms with E-state index >= 15 is 0 Å². The van der Waals surface area contributed by atoms with Crippen LogP contribution >= 0.6 is 0 Å². The summed E-state index contributed by atoms with van der Waals surface area (Å²) in [7, 11) is 0. The number of rotatable bonds is 5. The van der Waals surface area contributed by atoms with E-state index in [1.165, 1.54) is 5.56 Å². The molecule has 6 heteroatoms. The maximum Gasteiger partial charge on any atom is 0.321 e. The fraction of sp³-hybridized carbons (Fsp3) is 0.280. The normalized spacial score (nSPS) is 14.8. The second-order valence-corrected chi connectivity index (χ2v) is 8.00. The molecule has 4 N–H and O–H groups in total. The molecule has 0 saturated carbocycles. The number of guanidine groups is 1. The van der Waals surface area contributed by atoms with Gasteiger partial charge in [-0.2, -0.15) is 0 Å². The Balaban J connectivity index is 1.19. The van der Waals surface area contributed by atoms with E-state index in [1.807, 2.05) is 30.3 Å². The molecule has 31 heavy (non-hydrogen) atoms. The highest BCUT2D eigenvalue weighted by atomic mass is 16.2. The monoisotopic (exact) mass is 415 g/mol. The molecule has 0 spiro atoms. The molecule has 1 heterocycles. The van der Waals surface area contributed by atoms with Crippen molar-refractivity contribution in [3.63, 3.8) is 0 Å². The maximum absolute atomic E-state index is 12.3. The fourth-order valence-electron chi connectivity index (χ4n) is 4.09. The summed E-state index contributed by atoms with van der Waals surface area (Å²) in [5.74, 6) is 0.00643. The molecule has 160 valence electrons. The number of carbonyl (C=O) groups is 1. The predicted octanol–water partition coefficient (Wildman–Crippen LogP) is 3.83. The van der Waals surface area contributed by atoms with Gasteiger partial charge >= 0.3 is 6.03 Å². The highest BCUT2D eigenvalue weighted by Gasteiger charge is 2.21. The van der Waals surface area contributed by atoms with Crippen LogP contribution in [0.25, 0.3) is 10.8 Å². The highest BCUT2D eigenvalue weighted by molar-refractivity contribution is 5.95. The molecule has 0 bridgehead atoms. The lowest BCUT2D eigenvalue weighted by atomic mass is 10.0. The summed E-state index contributed by atoms with van der Waals surface area (Å²) in [5, 5.41) is 19.0. The van der Waals surface area contributed by atoms with Crippen LogP contribution < -0.4 is 16.0 Å². The van der Waals surface area contributed by atoms with Gasteiger partial charge in [0.1, 0.15) is 0 Å². The minimum Gasteiger partial charge on any atom is -0.352 e. The topological polar surface area (TPSA) is 80.2 Å². The Bertz CT molecular complexity index is 1020. The largest absolute Gasteiger partial charge is 0.352 e. The average Bonchev–Trinajstić information content (AvgIpc) is 2.79. The van der Waals surface area contributed by atoms with E-state index in [9.17, 15) is 4.79 Å². The second kappa shape index (κ2) is 10.1. The summed E-state index contributed by atoms with van der Waals surface area (Å²) in [6.45, 7) is 3.34. The summed E-state index contributed by atoms with van der Waals surface area (Å²) in [6, 6.07) is 24.6. The molecule has 1 fully saturated rings. The Morgan fingerprint density at radius 3 is 2.45 bits per heavy atom. The van der Waals surface area contributed by atoms with Crippen molar-refractivity contribution in [2.45, 2.75) is 32.0 Å². The van der Waals surface area contributed by atoms with Crippen LogP contribution in [0, 0.1) is 5.41 Å². The zero-order chi connectivity index (χ0) is 21.5. The molecular weight excluding hydrogens is 386 g/mol. The fourth-order valence-corrected chi connectivity index (χ4v) is 4.09. The van der Waals surface area contributed by atoms with Gasteiger partial charge in [-0.15, -0.1) is 0 Å². The van der Waals surface area contributed by atoms with Crippen molar-refractivity contribution in [1.82, 2.24) is 20.9 Å². The molecule has 6 nitrogen and oxygen atoms in total. The van der Waals surface area contributed by atoms with Gasteiger partial charge in [-0.25, -0.2) is 4.79 Å². The Morgan fingerprint density at radius 1 is 0.935 bits per heavy atom. The first-order valence-corrected chi connectivity index (χ1v) is 10.8. The molecule has 2 amide bonds. The van der Waals surface area contributed by atoms with Crippen LogP contribution in [0.1, 0.15) is 24.0 Å². The van der Waals surface area contributed by atoms with Crippen molar-refractivity contribution in [3.05, 3.63) is 83.9 Å². The van der Waals surface area contributed by atoms with Gasteiger partial charge in [0.2, 0.25) is 0 Å². The number of hydrogen-bond donors (Lipinski definition) is 4. The minimum atomic E-state index is -0.322. The van der Waals surface area contributed by atoms with E-state index in [1.54, 1.807) is 0 Å². The standard InChI is InChI=1S/C25H29N5O/c26-24(27-17-21-11-6-10-20-9-4-5-12-23(20)21)29-25(31)28-22-13-15-30(16-14-22)18-19-7-2-1-3-8-19/h1-12,22H,13-18H2,(H4,26,27,28,29,31). The van der Waals surface area contributed by atoms with Gasteiger partial charge < -0.3 is 10.6 Å².